The normalized spacial score (nSPS) is 12.2. The molecule has 0 radical (unpaired) electrons. The molecular weight excluding hydrogens is 243 g/mol. The fraction of sp³-hybridized carbons (Fsp3) is 0.417. The molecule has 6 heteroatoms. The van der Waals surface area contributed by atoms with Crippen molar-refractivity contribution in [3.05, 3.63) is 30.1 Å². The lowest BCUT2D eigenvalue weighted by atomic mass is 10.3. The van der Waals surface area contributed by atoms with Gasteiger partial charge in [-0.3, -0.25) is 0 Å². The van der Waals surface area contributed by atoms with Gasteiger partial charge in [-0.25, -0.2) is 4.98 Å². The van der Waals surface area contributed by atoms with Crippen LogP contribution in [0.2, 0.25) is 0 Å². The summed E-state index contributed by atoms with van der Waals surface area (Å²) in [4.78, 5) is 4.23. The summed E-state index contributed by atoms with van der Waals surface area (Å²) in [5.41, 5.74) is 1.11. The molecule has 0 spiro atoms. The van der Waals surface area contributed by atoms with Gasteiger partial charge in [0.1, 0.15) is 12.4 Å². The Labute approximate surface area is 103 Å². The molecule has 0 amide bonds. The summed E-state index contributed by atoms with van der Waals surface area (Å²) >= 11 is 0. The number of para-hydroxylation sites is 2. The molecule has 1 N–H and O–H groups in total. The molecule has 2 rings (SSSR count). The Morgan fingerprint density at radius 3 is 2.67 bits per heavy atom. The van der Waals surface area contributed by atoms with Gasteiger partial charge in [0.15, 0.2) is 0 Å². The van der Waals surface area contributed by atoms with Crippen LogP contribution in [0, 0.1) is 0 Å². The largest absolute Gasteiger partial charge is 0.406 e. The van der Waals surface area contributed by atoms with Gasteiger partial charge in [-0.15, -0.1) is 0 Å². The number of fused-ring (bicyclic) bond motifs is 1. The first-order chi connectivity index (χ1) is 8.51. The molecule has 1 heterocycles. The standard InChI is InChI=1S/C12H14F3N3/c1-2-16-7-11-17-9-5-3-4-6-10(9)18(11)8-12(13,14)15/h3-6,16H,2,7-8H2,1H3. The number of benzene rings is 1. The number of nitrogens with one attached hydrogen (secondary N) is 1. The molecule has 1 aromatic heterocycles. The highest BCUT2D eigenvalue weighted by atomic mass is 19.4. The summed E-state index contributed by atoms with van der Waals surface area (Å²) in [6, 6.07) is 6.86. The van der Waals surface area contributed by atoms with E-state index in [1.54, 1.807) is 24.3 Å². The average molecular weight is 257 g/mol. The minimum absolute atomic E-state index is 0.335. The number of rotatable bonds is 4. The number of hydrogen-bond acceptors (Lipinski definition) is 2. The van der Waals surface area contributed by atoms with Crippen LogP contribution in [-0.4, -0.2) is 22.3 Å². The van der Waals surface area contributed by atoms with Gasteiger partial charge >= 0.3 is 6.18 Å². The maximum atomic E-state index is 12.6. The Hall–Kier alpha value is -1.56. The number of hydrogen-bond donors (Lipinski definition) is 1. The van der Waals surface area contributed by atoms with Gasteiger partial charge in [-0.2, -0.15) is 13.2 Å². The summed E-state index contributed by atoms with van der Waals surface area (Å²) in [7, 11) is 0. The topological polar surface area (TPSA) is 29.9 Å². The summed E-state index contributed by atoms with van der Waals surface area (Å²) < 4.78 is 39.0. The Balaban J connectivity index is 2.44. The smallest absolute Gasteiger partial charge is 0.318 e. The molecule has 0 aliphatic carbocycles. The SMILES string of the molecule is CCNCc1nc2ccccc2n1CC(F)(F)F. The molecule has 0 bridgehead atoms. The molecule has 3 nitrogen and oxygen atoms in total. The predicted octanol–water partition coefficient (Wildman–Crippen LogP) is 2.71. The third-order valence-electron chi connectivity index (χ3n) is 2.60. The van der Waals surface area contributed by atoms with Crippen LogP contribution < -0.4 is 5.32 Å². The summed E-state index contributed by atoms with van der Waals surface area (Å²) in [6.07, 6.45) is -4.25. The summed E-state index contributed by atoms with van der Waals surface area (Å²) in [5.74, 6) is 0.412. The van der Waals surface area contributed by atoms with Crippen molar-refractivity contribution in [2.75, 3.05) is 6.54 Å². The maximum absolute atomic E-state index is 12.6. The molecule has 2 aromatic rings. The van der Waals surface area contributed by atoms with Crippen molar-refractivity contribution in [3.8, 4) is 0 Å². The lowest BCUT2D eigenvalue weighted by molar-refractivity contribution is -0.140. The van der Waals surface area contributed by atoms with E-state index in [1.165, 1.54) is 4.57 Å². The minimum Gasteiger partial charge on any atom is -0.318 e. The molecule has 0 saturated carbocycles. The van der Waals surface area contributed by atoms with Gasteiger partial charge in [0, 0.05) is 0 Å². The number of nitrogens with zero attached hydrogens (tertiary/aromatic N) is 2. The third-order valence-corrected chi connectivity index (χ3v) is 2.60. The zero-order valence-corrected chi connectivity index (χ0v) is 9.96. The Bertz CT molecular complexity index is 531. The first-order valence-electron chi connectivity index (χ1n) is 5.73. The Morgan fingerprint density at radius 1 is 1.28 bits per heavy atom. The zero-order valence-electron chi connectivity index (χ0n) is 9.96. The van der Waals surface area contributed by atoms with Crippen molar-refractivity contribution in [3.63, 3.8) is 0 Å². The number of aromatic nitrogens is 2. The number of imidazole rings is 1. The lowest BCUT2D eigenvalue weighted by Gasteiger charge is -2.12. The van der Waals surface area contributed by atoms with Crippen molar-refractivity contribution >= 4 is 11.0 Å². The summed E-state index contributed by atoms with van der Waals surface area (Å²) in [5, 5.41) is 3.00. The number of halogens is 3. The third kappa shape index (κ3) is 2.81. The van der Waals surface area contributed by atoms with Crippen molar-refractivity contribution in [2.24, 2.45) is 0 Å². The molecule has 0 fully saturated rings. The van der Waals surface area contributed by atoms with Gasteiger partial charge < -0.3 is 9.88 Å². The van der Waals surface area contributed by atoms with Crippen LogP contribution >= 0.6 is 0 Å². The number of alkyl halides is 3. The molecule has 18 heavy (non-hydrogen) atoms. The minimum atomic E-state index is -4.25. The van der Waals surface area contributed by atoms with Crippen molar-refractivity contribution in [2.45, 2.75) is 26.2 Å². The second-order valence-corrected chi connectivity index (χ2v) is 4.00. The molecule has 0 unspecified atom stereocenters. The quantitative estimate of drug-likeness (QED) is 0.912. The first kappa shape index (κ1) is 12.9. The van der Waals surface area contributed by atoms with Crippen molar-refractivity contribution in [1.29, 1.82) is 0 Å². The van der Waals surface area contributed by atoms with E-state index < -0.39 is 12.7 Å². The van der Waals surface area contributed by atoms with Crippen LogP contribution in [-0.2, 0) is 13.1 Å². The second-order valence-electron chi connectivity index (χ2n) is 4.00. The van der Waals surface area contributed by atoms with Crippen LogP contribution in [0.1, 0.15) is 12.7 Å². The van der Waals surface area contributed by atoms with Gasteiger partial charge in [-0.1, -0.05) is 19.1 Å². The van der Waals surface area contributed by atoms with E-state index in [9.17, 15) is 13.2 Å². The highest BCUT2D eigenvalue weighted by Crippen LogP contribution is 2.23. The van der Waals surface area contributed by atoms with Crippen molar-refractivity contribution < 1.29 is 13.2 Å². The molecule has 0 saturated heterocycles. The molecule has 1 aromatic carbocycles. The van der Waals surface area contributed by atoms with E-state index in [0.29, 0.717) is 29.9 Å². The van der Waals surface area contributed by atoms with E-state index in [4.69, 9.17) is 0 Å². The van der Waals surface area contributed by atoms with Gasteiger partial charge in [0.05, 0.1) is 17.6 Å². The molecular formula is C12H14F3N3. The van der Waals surface area contributed by atoms with Gasteiger partial charge in [0.25, 0.3) is 0 Å². The van der Waals surface area contributed by atoms with Crippen LogP contribution in [0.25, 0.3) is 11.0 Å². The first-order valence-corrected chi connectivity index (χ1v) is 5.73. The van der Waals surface area contributed by atoms with Crippen LogP contribution in [0.5, 0.6) is 0 Å². The Morgan fingerprint density at radius 2 is 2.00 bits per heavy atom. The monoisotopic (exact) mass is 257 g/mol. The van der Waals surface area contributed by atoms with Crippen LogP contribution in [0.4, 0.5) is 13.2 Å². The van der Waals surface area contributed by atoms with E-state index in [-0.39, 0.29) is 0 Å². The van der Waals surface area contributed by atoms with E-state index in [0.717, 1.165) is 0 Å². The molecule has 0 aliphatic heterocycles. The van der Waals surface area contributed by atoms with Crippen LogP contribution in [0.3, 0.4) is 0 Å². The van der Waals surface area contributed by atoms with Gasteiger partial charge in [0.2, 0.25) is 0 Å². The fourth-order valence-corrected chi connectivity index (χ4v) is 1.85. The predicted molar refractivity (Wildman–Crippen MR) is 63.2 cm³/mol. The van der Waals surface area contributed by atoms with E-state index >= 15 is 0 Å². The van der Waals surface area contributed by atoms with Gasteiger partial charge in [-0.05, 0) is 18.7 Å². The summed E-state index contributed by atoms with van der Waals surface area (Å²) in [6.45, 7) is 1.92. The van der Waals surface area contributed by atoms with E-state index in [2.05, 4.69) is 10.3 Å². The fourth-order valence-electron chi connectivity index (χ4n) is 1.85. The maximum Gasteiger partial charge on any atom is 0.406 e. The van der Waals surface area contributed by atoms with Crippen LogP contribution in [0.15, 0.2) is 24.3 Å². The van der Waals surface area contributed by atoms with E-state index in [1.807, 2.05) is 6.92 Å². The second kappa shape index (κ2) is 4.97. The van der Waals surface area contributed by atoms with Crippen molar-refractivity contribution in [1.82, 2.24) is 14.9 Å². The average Bonchev–Trinajstić information content (AvgIpc) is 2.63. The molecule has 0 atom stereocenters. The highest BCUT2D eigenvalue weighted by molar-refractivity contribution is 5.75. The highest BCUT2D eigenvalue weighted by Gasteiger charge is 2.30. The zero-order chi connectivity index (χ0) is 13.2. The lowest BCUT2D eigenvalue weighted by Crippen LogP contribution is -2.22. The molecule has 0 aliphatic rings. The Kier molecular flexibility index (Phi) is 3.56. The molecule has 98 valence electrons.